The average Bonchev–Trinajstić information content (AvgIpc) is 2.65. The van der Waals surface area contributed by atoms with Crippen LogP contribution in [0.25, 0.3) is 0 Å². The van der Waals surface area contributed by atoms with Crippen LogP contribution < -0.4 is 5.32 Å². The second kappa shape index (κ2) is 8.29. The van der Waals surface area contributed by atoms with Crippen LogP contribution in [0.3, 0.4) is 0 Å². The number of likely N-dealkylation sites (tertiary alicyclic amines) is 1. The van der Waals surface area contributed by atoms with Gasteiger partial charge < -0.3 is 15.3 Å². The van der Waals surface area contributed by atoms with E-state index in [0.29, 0.717) is 19.5 Å². The second-order valence-corrected chi connectivity index (χ2v) is 6.47. The van der Waals surface area contributed by atoms with Gasteiger partial charge >= 0.3 is 5.97 Å². The number of nitrogens with zero attached hydrogens (tertiary/aromatic N) is 2. The Hall–Kier alpha value is -1.63. The number of likely N-dealkylation sites (N-methyl/N-ethyl adjacent to an activating group) is 1. The molecule has 2 fully saturated rings. The minimum absolute atomic E-state index is 0.0457. The van der Waals surface area contributed by atoms with Crippen LogP contribution in [0.5, 0.6) is 0 Å². The Balaban J connectivity index is 1.71. The van der Waals surface area contributed by atoms with E-state index < -0.39 is 5.97 Å². The Morgan fingerprint density at radius 3 is 2.70 bits per heavy atom. The highest BCUT2D eigenvalue weighted by molar-refractivity contribution is 5.85. The molecule has 2 rings (SSSR count). The zero-order chi connectivity index (χ0) is 16.8. The molecular weight excluding hydrogens is 298 g/mol. The minimum atomic E-state index is -0.820. The maximum atomic E-state index is 12.1. The van der Waals surface area contributed by atoms with E-state index in [1.54, 1.807) is 4.90 Å². The van der Waals surface area contributed by atoms with Gasteiger partial charge in [-0.15, -0.1) is 0 Å². The highest BCUT2D eigenvalue weighted by Gasteiger charge is 2.35. The molecule has 1 saturated heterocycles. The van der Waals surface area contributed by atoms with Crippen molar-refractivity contribution in [1.82, 2.24) is 15.1 Å². The molecule has 7 nitrogen and oxygen atoms in total. The van der Waals surface area contributed by atoms with Crippen molar-refractivity contribution >= 4 is 17.8 Å². The number of hydrogen-bond acceptors (Lipinski definition) is 4. The molecule has 130 valence electrons. The lowest BCUT2D eigenvalue weighted by Gasteiger charge is -2.42. The van der Waals surface area contributed by atoms with Crippen molar-refractivity contribution in [3.05, 3.63) is 0 Å². The van der Waals surface area contributed by atoms with Crippen LogP contribution in [0.2, 0.25) is 0 Å². The van der Waals surface area contributed by atoms with Crippen molar-refractivity contribution in [1.29, 1.82) is 0 Å². The summed E-state index contributed by atoms with van der Waals surface area (Å²) in [4.78, 5) is 38.3. The molecule has 0 spiro atoms. The molecule has 23 heavy (non-hydrogen) atoms. The Labute approximate surface area is 137 Å². The Kier molecular flexibility index (Phi) is 6.38. The van der Waals surface area contributed by atoms with Crippen molar-refractivity contribution in [2.24, 2.45) is 0 Å². The van der Waals surface area contributed by atoms with Crippen molar-refractivity contribution in [3.63, 3.8) is 0 Å². The summed E-state index contributed by atoms with van der Waals surface area (Å²) < 4.78 is 0. The number of nitrogens with one attached hydrogen (secondary N) is 1. The van der Waals surface area contributed by atoms with Crippen LogP contribution in [-0.4, -0.2) is 71.0 Å². The van der Waals surface area contributed by atoms with Gasteiger partial charge in [0.25, 0.3) is 0 Å². The molecule has 0 aromatic carbocycles. The number of carboxylic acids is 1. The molecule has 0 aromatic rings. The van der Waals surface area contributed by atoms with Gasteiger partial charge in [0.1, 0.15) is 0 Å². The fourth-order valence-electron chi connectivity index (χ4n) is 3.33. The largest absolute Gasteiger partial charge is 0.480 e. The lowest BCUT2D eigenvalue weighted by Crippen LogP contribution is -2.56. The number of hydrogen-bond donors (Lipinski definition) is 2. The van der Waals surface area contributed by atoms with Gasteiger partial charge in [-0.2, -0.15) is 0 Å². The fourth-order valence-corrected chi connectivity index (χ4v) is 3.33. The molecule has 0 bridgehead atoms. The number of aliphatic carboxylic acids is 1. The van der Waals surface area contributed by atoms with Gasteiger partial charge in [0.05, 0.1) is 13.1 Å². The van der Waals surface area contributed by atoms with Gasteiger partial charge in [0.15, 0.2) is 0 Å². The molecule has 2 N–H and O–H groups in total. The van der Waals surface area contributed by atoms with Crippen molar-refractivity contribution in [2.75, 3.05) is 26.2 Å². The van der Waals surface area contributed by atoms with Gasteiger partial charge in [-0.1, -0.05) is 13.3 Å². The van der Waals surface area contributed by atoms with Crippen molar-refractivity contribution < 1.29 is 19.5 Å². The second-order valence-electron chi connectivity index (χ2n) is 6.47. The summed E-state index contributed by atoms with van der Waals surface area (Å²) in [5, 5.41) is 11.8. The number of carbonyl (C=O) groups is 3. The van der Waals surface area contributed by atoms with E-state index in [1.807, 2.05) is 11.8 Å². The Morgan fingerprint density at radius 2 is 2.04 bits per heavy atom. The van der Waals surface area contributed by atoms with E-state index in [9.17, 15) is 14.4 Å². The standard InChI is InChI=1S/C16H27N3O4/c1-2-18(11-16(22)23)13-8-12(9-13)17-14(20)10-19-7-5-3-4-6-15(19)21/h12-13H,2-11H2,1H3,(H,17,20)(H,22,23). The first-order valence-electron chi connectivity index (χ1n) is 8.52. The van der Waals surface area contributed by atoms with E-state index >= 15 is 0 Å². The van der Waals surface area contributed by atoms with Crippen LogP contribution in [0, 0.1) is 0 Å². The van der Waals surface area contributed by atoms with Crippen molar-refractivity contribution in [3.8, 4) is 0 Å². The molecule has 0 unspecified atom stereocenters. The van der Waals surface area contributed by atoms with Crippen LogP contribution in [0.1, 0.15) is 45.4 Å². The van der Waals surface area contributed by atoms with E-state index in [1.165, 1.54) is 0 Å². The highest BCUT2D eigenvalue weighted by atomic mass is 16.4. The third kappa shape index (κ3) is 5.20. The molecule has 2 aliphatic rings. The topological polar surface area (TPSA) is 90.0 Å². The zero-order valence-electron chi connectivity index (χ0n) is 13.8. The fraction of sp³-hybridized carbons (Fsp3) is 0.812. The summed E-state index contributed by atoms with van der Waals surface area (Å²) in [6, 6.07) is 0.318. The van der Waals surface area contributed by atoms with E-state index in [2.05, 4.69) is 5.32 Å². The van der Waals surface area contributed by atoms with E-state index in [4.69, 9.17) is 5.11 Å². The predicted octanol–water partition coefficient (Wildman–Crippen LogP) is 0.443. The monoisotopic (exact) mass is 325 g/mol. The molecular formula is C16H27N3O4. The summed E-state index contributed by atoms with van der Waals surface area (Å²) in [6.45, 7) is 3.50. The molecule has 0 radical (unpaired) electrons. The molecule has 1 aliphatic heterocycles. The molecule has 1 saturated carbocycles. The lowest BCUT2D eigenvalue weighted by atomic mass is 9.85. The molecule has 7 heteroatoms. The van der Waals surface area contributed by atoms with Gasteiger partial charge in [-0.05, 0) is 32.2 Å². The summed E-state index contributed by atoms with van der Waals surface area (Å²) in [5.74, 6) is -0.855. The quantitative estimate of drug-likeness (QED) is 0.709. The number of rotatable bonds is 7. The van der Waals surface area contributed by atoms with E-state index in [-0.39, 0.29) is 37.0 Å². The first kappa shape index (κ1) is 17.7. The van der Waals surface area contributed by atoms with Crippen LogP contribution in [0.15, 0.2) is 0 Å². The minimum Gasteiger partial charge on any atom is -0.480 e. The Morgan fingerprint density at radius 1 is 1.30 bits per heavy atom. The maximum Gasteiger partial charge on any atom is 0.317 e. The van der Waals surface area contributed by atoms with Gasteiger partial charge in [0.2, 0.25) is 11.8 Å². The SMILES string of the molecule is CCN(CC(=O)O)C1CC(NC(=O)CN2CCCCCC2=O)C1. The highest BCUT2D eigenvalue weighted by Crippen LogP contribution is 2.25. The van der Waals surface area contributed by atoms with Crippen LogP contribution >= 0.6 is 0 Å². The predicted molar refractivity (Wildman–Crippen MR) is 84.9 cm³/mol. The van der Waals surface area contributed by atoms with Crippen LogP contribution in [-0.2, 0) is 14.4 Å². The first-order valence-corrected chi connectivity index (χ1v) is 8.52. The van der Waals surface area contributed by atoms with Gasteiger partial charge in [0, 0.05) is 25.0 Å². The molecule has 0 atom stereocenters. The summed E-state index contributed by atoms with van der Waals surface area (Å²) in [6.07, 6.45) is 5.02. The number of carbonyl (C=O) groups excluding carboxylic acids is 2. The van der Waals surface area contributed by atoms with E-state index in [0.717, 1.165) is 32.1 Å². The smallest absolute Gasteiger partial charge is 0.317 e. The normalized spacial score (nSPS) is 25.0. The third-order valence-electron chi connectivity index (χ3n) is 4.75. The van der Waals surface area contributed by atoms with Crippen LogP contribution in [0.4, 0.5) is 0 Å². The molecule has 1 heterocycles. The first-order chi connectivity index (χ1) is 11.0. The zero-order valence-corrected chi connectivity index (χ0v) is 13.8. The van der Waals surface area contributed by atoms with Crippen molar-refractivity contribution in [2.45, 2.75) is 57.5 Å². The molecule has 0 aromatic heterocycles. The third-order valence-corrected chi connectivity index (χ3v) is 4.75. The number of amides is 2. The number of carboxylic acid groups (broad SMARTS) is 1. The average molecular weight is 325 g/mol. The van der Waals surface area contributed by atoms with Gasteiger partial charge in [-0.3, -0.25) is 19.3 Å². The molecule has 1 aliphatic carbocycles. The Bertz CT molecular complexity index is 449. The lowest BCUT2D eigenvalue weighted by molar-refractivity contribution is -0.140. The summed E-state index contributed by atoms with van der Waals surface area (Å²) >= 11 is 0. The molecule has 2 amide bonds. The summed E-state index contributed by atoms with van der Waals surface area (Å²) in [7, 11) is 0. The summed E-state index contributed by atoms with van der Waals surface area (Å²) in [5.41, 5.74) is 0. The van der Waals surface area contributed by atoms with Gasteiger partial charge in [-0.25, -0.2) is 0 Å². The maximum absolute atomic E-state index is 12.1.